The van der Waals surface area contributed by atoms with Crippen LogP contribution >= 0.6 is 0 Å². The Hall–Kier alpha value is -3.00. The fourth-order valence-corrected chi connectivity index (χ4v) is 3.17. The number of hydrogen-bond acceptors (Lipinski definition) is 6. The van der Waals surface area contributed by atoms with Crippen molar-refractivity contribution in [2.24, 2.45) is 0 Å². The summed E-state index contributed by atoms with van der Waals surface area (Å²) < 4.78 is 5.19. The van der Waals surface area contributed by atoms with Crippen LogP contribution in [0.1, 0.15) is 30.1 Å². The highest BCUT2D eigenvalue weighted by Gasteiger charge is 2.23. The number of ether oxygens (including phenoxy) is 1. The van der Waals surface area contributed by atoms with Gasteiger partial charge < -0.3 is 19.9 Å². The van der Waals surface area contributed by atoms with Gasteiger partial charge in [-0.15, -0.1) is 0 Å². The van der Waals surface area contributed by atoms with E-state index in [-0.39, 0.29) is 11.9 Å². The molecule has 0 bridgehead atoms. The minimum absolute atomic E-state index is 0.0392. The SMILES string of the molecule is CCCCOC(=O)c1ccc(NC(=O)C[NH+]2CCN(c3ncccn3)CC2)cc1. The molecule has 0 spiro atoms. The van der Waals surface area contributed by atoms with Crippen LogP contribution in [0, 0.1) is 0 Å². The first kappa shape index (κ1) is 20.7. The maximum absolute atomic E-state index is 12.4. The number of unbranched alkanes of at least 4 members (excludes halogenated alkanes) is 1. The van der Waals surface area contributed by atoms with Gasteiger partial charge in [-0.3, -0.25) is 4.79 Å². The van der Waals surface area contributed by atoms with Gasteiger partial charge >= 0.3 is 5.97 Å². The van der Waals surface area contributed by atoms with Crippen molar-refractivity contribution in [3.05, 3.63) is 48.3 Å². The molecule has 0 aliphatic carbocycles. The molecule has 1 aromatic carbocycles. The summed E-state index contributed by atoms with van der Waals surface area (Å²) in [5, 5.41) is 2.90. The standard InChI is InChI=1S/C21H27N5O3/c1-2-3-15-29-20(28)17-5-7-18(8-6-17)24-19(27)16-25-11-13-26(14-12-25)21-22-9-4-10-23-21/h4-10H,2-3,11-16H2,1H3,(H,24,27)/p+1. The number of nitrogens with one attached hydrogen (secondary N) is 2. The summed E-state index contributed by atoms with van der Waals surface area (Å²) in [4.78, 5) is 36.2. The van der Waals surface area contributed by atoms with Gasteiger partial charge in [0.2, 0.25) is 5.95 Å². The first-order chi connectivity index (χ1) is 14.2. The first-order valence-corrected chi connectivity index (χ1v) is 10.1. The number of anilines is 2. The second kappa shape index (κ2) is 10.5. The molecule has 1 amide bonds. The Balaban J connectivity index is 1.42. The maximum Gasteiger partial charge on any atom is 0.338 e. The third-order valence-corrected chi connectivity index (χ3v) is 4.85. The van der Waals surface area contributed by atoms with E-state index in [4.69, 9.17) is 4.74 Å². The highest BCUT2D eigenvalue weighted by molar-refractivity contribution is 5.93. The minimum Gasteiger partial charge on any atom is -0.462 e. The molecule has 29 heavy (non-hydrogen) atoms. The summed E-state index contributed by atoms with van der Waals surface area (Å²) in [5.41, 5.74) is 1.17. The van der Waals surface area contributed by atoms with Crippen LogP contribution in [0.3, 0.4) is 0 Å². The summed E-state index contributed by atoms with van der Waals surface area (Å²) in [6.45, 7) is 6.24. The van der Waals surface area contributed by atoms with Gasteiger partial charge in [-0.2, -0.15) is 0 Å². The van der Waals surface area contributed by atoms with Crippen LogP contribution in [0.2, 0.25) is 0 Å². The number of esters is 1. The molecule has 2 heterocycles. The van der Waals surface area contributed by atoms with Crippen LogP contribution in [0.4, 0.5) is 11.6 Å². The topological polar surface area (TPSA) is 88.9 Å². The fourth-order valence-electron chi connectivity index (χ4n) is 3.17. The van der Waals surface area contributed by atoms with Gasteiger partial charge in [-0.1, -0.05) is 13.3 Å². The molecule has 1 aliphatic rings. The van der Waals surface area contributed by atoms with Gasteiger partial charge in [0.25, 0.3) is 5.91 Å². The summed E-state index contributed by atoms with van der Waals surface area (Å²) in [5.74, 6) is 0.369. The molecule has 0 saturated carbocycles. The van der Waals surface area contributed by atoms with Crippen molar-refractivity contribution in [1.29, 1.82) is 0 Å². The molecule has 1 saturated heterocycles. The van der Waals surface area contributed by atoms with Crippen LogP contribution < -0.4 is 15.1 Å². The Labute approximate surface area is 170 Å². The van der Waals surface area contributed by atoms with Gasteiger partial charge in [0.1, 0.15) is 0 Å². The average molecular weight is 398 g/mol. The highest BCUT2D eigenvalue weighted by atomic mass is 16.5. The molecular formula is C21H28N5O3+. The third kappa shape index (κ3) is 6.25. The van der Waals surface area contributed by atoms with Crippen LogP contribution in [0.5, 0.6) is 0 Å². The number of amides is 1. The number of rotatable bonds is 8. The molecule has 154 valence electrons. The molecule has 8 heteroatoms. The quantitative estimate of drug-likeness (QED) is 0.505. The normalized spacial score (nSPS) is 14.4. The highest BCUT2D eigenvalue weighted by Crippen LogP contribution is 2.11. The Kier molecular flexibility index (Phi) is 7.52. The summed E-state index contributed by atoms with van der Waals surface area (Å²) >= 11 is 0. The van der Waals surface area contributed by atoms with E-state index in [0.29, 0.717) is 24.4 Å². The van der Waals surface area contributed by atoms with E-state index in [1.165, 1.54) is 4.90 Å². The molecule has 0 unspecified atom stereocenters. The Morgan fingerprint density at radius 3 is 2.48 bits per heavy atom. The lowest BCUT2D eigenvalue weighted by atomic mass is 10.2. The monoisotopic (exact) mass is 398 g/mol. The summed E-state index contributed by atoms with van der Waals surface area (Å²) in [6.07, 6.45) is 5.32. The number of carbonyl (C=O) groups excluding carboxylic acids is 2. The molecule has 0 atom stereocenters. The van der Waals surface area contributed by atoms with E-state index in [2.05, 4.69) is 20.2 Å². The van der Waals surface area contributed by atoms with Crippen LogP contribution in [-0.2, 0) is 9.53 Å². The van der Waals surface area contributed by atoms with Crippen molar-refractivity contribution >= 4 is 23.5 Å². The molecule has 2 aromatic rings. The van der Waals surface area contributed by atoms with Crippen LogP contribution in [0.25, 0.3) is 0 Å². The van der Waals surface area contributed by atoms with Gasteiger partial charge in [0, 0.05) is 18.1 Å². The number of aromatic nitrogens is 2. The lowest BCUT2D eigenvalue weighted by Gasteiger charge is -2.31. The van der Waals surface area contributed by atoms with E-state index in [1.807, 2.05) is 6.92 Å². The van der Waals surface area contributed by atoms with E-state index >= 15 is 0 Å². The number of nitrogens with zero attached hydrogens (tertiary/aromatic N) is 3. The fraction of sp³-hybridized carbons (Fsp3) is 0.429. The number of carbonyl (C=O) groups is 2. The van der Waals surface area contributed by atoms with Crippen molar-refractivity contribution in [2.75, 3.05) is 49.5 Å². The number of benzene rings is 1. The lowest BCUT2D eigenvalue weighted by molar-refractivity contribution is -0.892. The van der Waals surface area contributed by atoms with E-state index in [1.54, 1.807) is 42.7 Å². The van der Waals surface area contributed by atoms with Gasteiger partial charge in [-0.05, 0) is 36.8 Å². The van der Waals surface area contributed by atoms with Gasteiger partial charge in [-0.25, -0.2) is 14.8 Å². The molecule has 3 rings (SSSR count). The Bertz CT molecular complexity index is 790. The third-order valence-electron chi connectivity index (χ3n) is 4.85. The van der Waals surface area contributed by atoms with Crippen molar-refractivity contribution in [3.8, 4) is 0 Å². The maximum atomic E-state index is 12.4. The number of piperazine rings is 1. The van der Waals surface area contributed by atoms with Crippen molar-refractivity contribution in [2.45, 2.75) is 19.8 Å². The van der Waals surface area contributed by atoms with E-state index in [0.717, 1.165) is 45.0 Å². The van der Waals surface area contributed by atoms with E-state index < -0.39 is 0 Å². The molecule has 1 aliphatic heterocycles. The largest absolute Gasteiger partial charge is 0.462 e. The minimum atomic E-state index is -0.332. The molecule has 1 aromatic heterocycles. The smallest absolute Gasteiger partial charge is 0.338 e. The van der Waals surface area contributed by atoms with Crippen molar-refractivity contribution < 1.29 is 19.2 Å². The Morgan fingerprint density at radius 1 is 1.14 bits per heavy atom. The molecule has 8 nitrogen and oxygen atoms in total. The molecule has 0 radical (unpaired) electrons. The van der Waals surface area contributed by atoms with Crippen LogP contribution in [0.15, 0.2) is 42.7 Å². The second-order valence-corrected chi connectivity index (χ2v) is 7.08. The molecule has 2 N–H and O–H groups in total. The Morgan fingerprint density at radius 2 is 1.83 bits per heavy atom. The summed E-state index contributed by atoms with van der Waals surface area (Å²) in [6, 6.07) is 8.62. The predicted octanol–water partition coefficient (Wildman–Crippen LogP) is 0.777. The van der Waals surface area contributed by atoms with Crippen LogP contribution in [-0.4, -0.2) is 61.2 Å². The zero-order valence-electron chi connectivity index (χ0n) is 16.8. The predicted molar refractivity (Wildman–Crippen MR) is 110 cm³/mol. The zero-order chi connectivity index (χ0) is 20.5. The number of quaternary nitrogens is 1. The summed E-state index contributed by atoms with van der Waals surface area (Å²) in [7, 11) is 0. The van der Waals surface area contributed by atoms with Crippen molar-refractivity contribution in [1.82, 2.24) is 9.97 Å². The van der Waals surface area contributed by atoms with E-state index in [9.17, 15) is 9.59 Å². The van der Waals surface area contributed by atoms with Gasteiger partial charge in [0.15, 0.2) is 6.54 Å². The number of hydrogen-bond donors (Lipinski definition) is 2. The second-order valence-electron chi connectivity index (χ2n) is 7.08. The first-order valence-electron chi connectivity index (χ1n) is 10.1. The zero-order valence-corrected chi connectivity index (χ0v) is 16.8. The van der Waals surface area contributed by atoms with Gasteiger partial charge in [0.05, 0.1) is 38.3 Å². The molecule has 1 fully saturated rings. The lowest BCUT2D eigenvalue weighted by Crippen LogP contribution is -3.15. The average Bonchev–Trinajstić information content (AvgIpc) is 2.75. The molecular weight excluding hydrogens is 370 g/mol. The van der Waals surface area contributed by atoms with Crippen molar-refractivity contribution in [3.63, 3.8) is 0 Å².